The molecule has 2 aromatic rings. The van der Waals surface area contributed by atoms with Crippen molar-refractivity contribution in [3.63, 3.8) is 0 Å². The molecule has 0 saturated heterocycles. The summed E-state index contributed by atoms with van der Waals surface area (Å²) in [6.45, 7) is 0. The van der Waals surface area contributed by atoms with E-state index in [9.17, 15) is 8.42 Å². The Labute approximate surface area is 112 Å². The molecule has 6 nitrogen and oxygen atoms in total. The van der Waals surface area contributed by atoms with Gasteiger partial charge in [-0.25, -0.2) is 18.5 Å². The van der Waals surface area contributed by atoms with Gasteiger partial charge in [0.1, 0.15) is 10.6 Å². The highest BCUT2D eigenvalue weighted by atomic mass is 79.9. The molecule has 0 radical (unpaired) electrons. The van der Waals surface area contributed by atoms with E-state index in [4.69, 9.17) is 9.88 Å². The van der Waals surface area contributed by atoms with Crippen LogP contribution in [-0.4, -0.2) is 18.4 Å². The van der Waals surface area contributed by atoms with Crippen LogP contribution in [0.4, 0.5) is 0 Å². The molecule has 0 atom stereocenters. The van der Waals surface area contributed by atoms with Crippen LogP contribution in [0.2, 0.25) is 0 Å². The normalized spacial score (nSPS) is 11.2. The highest BCUT2D eigenvalue weighted by Gasteiger charge is 2.16. The summed E-state index contributed by atoms with van der Waals surface area (Å²) in [5.41, 5.74) is 0. The largest absolute Gasteiger partial charge is 0.436 e. The van der Waals surface area contributed by atoms with Gasteiger partial charge in [0, 0.05) is 16.9 Å². The van der Waals surface area contributed by atoms with Crippen molar-refractivity contribution in [1.82, 2.24) is 9.97 Å². The molecule has 0 aromatic carbocycles. The first-order valence-electron chi connectivity index (χ1n) is 4.73. The first-order valence-corrected chi connectivity index (χ1v) is 7.07. The summed E-state index contributed by atoms with van der Waals surface area (Å²) >= 11 is 3.23. The Morgan fingerprint density at radius 2 is 2.11 bits per heavy atom. The maximum atomic E-state index is 11.3. The van der Waals surface area contributed by atoms with Gasteiger partial charge >= 0.3 is 0 Å². The van der Waals surface area contributed by atoms with Gasteiger partial charge in [-0.15, -0.1) is 0 Å². The summed E-state index contributed by atoms with van der Waals surface area (Å²) in [4.78, 5) is 7.56. The molecule has 0 spiro atoms. The van der Waals surface area contributed by atoms with Crippen molar-refractivity contribution in [2.75, 3.05) is 0 Å². The van der Waals surface area contributed by atoms with Crippen LogP contribution in [0.25, 0.3) is 0 Å². The summed E-state index contributed by atoms with van der Waals surface area (Å²) in [5, 5.41) is 5.07. The number of primary sulfonamides is 1. The lowest BCUT2D eigenvalue weighted by Gasteiger charge is -2.07. The number of nitrogens with two attached hydrogens (primary N) is 1. The molecule has 94 valence electrons. The molecule has 0 saturated carbocycles. The van der Waals surface area contributed by atoms with Gasteiger partial charge in [0.2, 0.25) is 15.9 Å². The minimum Gasteiger partial charge on any atom is -0.436 e. The topological polar surface area (TPSA) is 95.2 Å². The van der Waals surface area contributed by atoms with E-state index in [1.807, 2.05) is 0 Å². The van der Waals surface area contributed by atoms with E-state index in [0.717, 1.165) is 0 Å². The number of sulfonamides is 1. The standard InChI is InChI=1S/C10H8BrN3O3S/c11-7-4-8(6-13-5-7)17-10-9(18(12,15)16)2-1-3-14-10/h1-6H,(H2,12,15,16). The van der Waals surface area contributed by atoms with E-state index in [0.29, 0.717) is 10.2 Å². The van der Waals surface area contributed by atoms with Gasteiger partial charge in [-0.2, -0.15) is 0 Å². The minimum absolute atomic E-state index is 0.0834. The molecular weight excluding hydrogens is 322 g/mol. The second-order valence-electron chi connectivity index (χ2n) is 3.29. The molecule has 0 bridgehead atoms. The molecule has 18 heavy (non-hydrogen) atoms. The number of aromatic nitrogens is 2. The molecule has 2 rings (SSSR count). The van der Waals surface area contributed by atoms with Crippen molar-refractivity contribution in [2.24, 2.45) is 5.14 Å². The number of pyridine rings is 2. The Hall–Kier alpha value is -1.51. The van der Waals surface area contributed by atoms with E-state index in [-0.39, 0.29) is 10.8 Å². The lowest BCUT2D eigenvalue weighted by atomic mass is 10.4. The van der Waals surface area contributed by atoms with Gasteiger partial charge in [-0.05, 0) is 34.1 Å². The smallest absolute Gasteiger partial charge is 0.243 e. The van der Waals surface area contributed by atoms with Gasteiger partial charge in [0.15, 0.2) is 0 Å². The lowest BCUT2D eigenvalue weighted by molar-refractivity contribution is 0.445. The number of hydrogen-bond acceptors (Lipinski definition) is 5. The van der Waals surface area contributed by atoms with Gasteiger partial charge in [0.25, 0.3) is 0 Å². The predicted octanol–water partition coefficient (Wildman–Crippen LogP) is 1.68. The molecule has 0 fully saturated rings. The van der Waals surface area contributed by atoms with E-state index >= 15 is 0 Å². The average molecular weight is 330 g/mol. The molecule has 2 heterocycles. The summed E-state index contributed by atoms with van der Waals surface area (Å²) in [7, 11) is -3.88. The molecule has 0 aliphatic rings. The van der Waals surface area contributed by atoms with Crippen molar-refractivity contribution in [3.05, 3.63) is 41.3 Å². The zero-order chi connectivity index (χ0) is 13.2. The SMILES string of the molecule is NS(=O)(=O)c1cccnc1Oc1cncc(Br)c1. The predicted molar refractivity (Wildman–Crippen MR) is 67.6 cm³/mol. The molecular formula is C10H8BrN3O3S. The van der Waals surface area contributed by atoms with E-state index < -0.39 is 10.0 Å². The van der Waals surface area contributed by atoms with Crippen molar-refractivity contribution < 1.29 is 13.2 Å². The van der Waals surface area contributed by atoms with E-state index in [1.54, 1.807) is 12.3 Å². The Bertz CT molecular complexity index is 676. The zero-order valence-corrected chi connectivity index (χ0v) is 11.3. The molecule has 0 amide bonds. The molecule has 2 N–H and O–H groups in total. The fraction of sp³-hybridized carbons (Fsp3) is 0. The number of rotatable bonds is 3. The first-order chi connectivity index (χ1) is 8.47. The van der Waals surface area contributed by atoms with Crippen molar-refractivity contribution in [1.29, 1.82) is 0 Å². The average Bonchev–Trinajstić information content (AvgIpc) is 2.28. The van der Waals surface area contributed by atoms with E-state index in [2.05, 4.69) is 25.9 Å². The zero-order valence-electron chi connectivity index (χ0n) is 8.95. The molecule has 0 aliphatic heterocycles. The third-order valence-corrected chi connectivity index (χ3v) is 3.29. The van der Waals surface area contributed by atoms with E-state index in [1.165, 1.54) is 24.5 Å². The fourth-order valence-electron chi connectivity index (χ4n) is 1.23. The number of hydrogen-bond donors (Lipinski definition) is 1. The van der Waals surface area contributed by atoms with Crippen molar-refractivity contribution >= 4 is 26.0 Å². The summed E-state index contributed by atoms with van der Waals surface area (Å²) in [6, 6.07) is 4.42. The molecule has 0 aliphatic carbocycles. The Morgan fingerprint density at radius 3 is 2.78 bits per heavy atom. The molecule has 8 heteroatoms. The van der Waals surface area contributed by atoms with Gasteiger partial charge in [0.05, 0.1) is 6.20 Å². The highest BCUT2D eigenvalue weighted by Crippen LogP contribution is 2.26. The third kappa shape index (κ3) is 3.03. The van der Waals surface area contributed by atoms with Crippen LogP contribution >= 0.6 is 15.9 Å². The quantitative estimate of drug-likeness (QED) is 0.924. The van der Waals surface area contributed by atoms with Crippen LogP contribution < -0.4 is 9.88 Å². The number of ether oxygens (including phenoxy) is 1. The second-order valence-corrected chi connectivity index (χ2v) is 5.74. The first kappa shape index (κ1) is 12.9. The molecule has 2 aromatic heterocycles. The molecule has 0 unspecified atom stereocenters. The number of nitrogens with zero attached hydrogens (tertiary/aromatic N) is 2. The van der Waals surface area contributed by atoms with Crippen molar-refractivity contribution in [3.8, 4) is 11.6 Å². The van der Waals surface area contributed by atoms with Crippen LogP contribution in [-0.2, 0) is 10.0 Å². The summed E-state index contributed by atoms with van der Waals surface area (Å²) < 4.78 is 28.7. The van der Waals surface area contributed by atoms with Crippen LogP contribution in [0.5, 0.6) is 11.6 Å². The lowest BCUT2D eigenvalue weighted by Crippen LogP contribution is -2.13. The fourth-order valence-corrected chi connectivity index (χ4v) is 2.18. The monoisotopic (exact) mass is 329 g/mol. The number of halogens is 1. The highest BCUT2D eigenvalue weighted by molar-refractivity contribution is 9.10. The Balaban J connectivity index is 2.41. The van der Waals surface area contributed by atoms with Crippen LogP contribution in [0.3, 0.4) is 0 Å². The Morgan fingerprint density at radius 1 is 1.33 bits per heavy atom. The minimum atomic E-state index is -3.88. The van der Waals surface area contributed by atoms with Gasteiger partial charge in [-0.3, -0.25) is 4.98 Å². The van der Waals surface area contributed by atoms with Gasteiger partial charge in [-0.1, -0.05) is 0 Å². The third-order valence-electron chi connectivity index (χ3n) is 1.94. The van der Waals surface area contributed by atoms with Crippen LogP contribution in [0, 0.1) is 0 Å². The maximum absolute atomic E-state index is 11.3. The van der Waals surface area contributed by atoms with Crippen LogP contribution in [0.15, 0.2) is 46.2 Å². The van der Waals surface area contributed by atoms with Crippen molar-refractivity contribution in [2.45, 2.75) is 4.90 Å². The summed E-state index contributed by atoms with van der Waals surface area (Å²) in [6.07, 6.45) is 4.42. The maximum Gasteiger partial charge on any atom is 0.243 e. The second kappa shape index (κ2) is 5.01. The van der Waals surface area contributed by atoms with Crippen LogP contribution in [0.1, 0.15) is 0 Å². The summed E-state index contributed by atoms with van der Waals surface area (Å²) in [5.74, 6) is 0.271. The Kier molecular flexibility index (Phi) is 3.60. The van der Waals surface area contributed by atoms with Gasteiger partial charge < -0.3 is 4.74 Å².